The Bertz CT molecular complexity index is 812. The van der Waals surface area contributed by atoms with Gasteiger partial charge in [0.2, 0.25) is 0 Å². The average molecular weight is 338 g/mol. The summed E-state index contributed by atoms with van der Waals surface area (Å²) in [6, 6.07) is 9.09. The number of rotatable bonds is 6. The van der Waals surface area contributed by atoms with Crippen LogP contribution in [0.25, 0.3) is 5.69 Å². The van der Waals surface area contributed by atoms with Crippen LogP contribution in [0.15, 0.2) is 41.2 Å². The number of nitrogens with zero attached hydrogens (tertiary/aromatic N) is 3. The third-order valence-corrected chi connectivity index (χ3v) is 4.79. The maximum Gasteiger partial charge on any atom is 0.138 e. The number of aromatic nitrogens is 3. The van der Waals surface area contributed by atoms with Gasteiger partial charge in [0.25, 0.3) is 0 Å². The van der Waals surface area contributed by atoms with Gasteiger partial charge < -0.3 is 14.4 Å². The van der Waals surface area contributed by atoms with Crippen LogP contribution in [0, 0.1) is 20.8 Å². The summed E-state index contributed by atoms with van der Waals surface area (Å²) in [7, 11) is 0. The Labute approximate surface area is 149 Å². The first kappa shape index (κ1) is 17.4. The summed E-state index contributed by atoms with van der Waals surface area (Å²) in [6.07, 6.45) is 4.79. The van der Waals surface area contributed by atoms with E-state index in [4.69, 9.17) is 4.52 Å². The van der Waals surface area contributed by atoms with Gasteiger partial charge in [0.1, 0.15) is 11.6 Å². The molecule has 2 atom stereocenters. The fourth-order valence-electron chi connectivity index (χ4n) is 3.37. The van der Waals surface area contributed by atoms with E-state index >= 15 is 0 Å². The Balaban J connectivity index is 1.76. The molecule has 0 aliphatic heterocycles. The van der Waals surface area contributed by atoms with E-state index in [1.54, 1.807) is 0 Å². The fourth-order valence-corrected chi connectivity index (χ4v) is 3.37. The molecule has 0 unspecified atom stereocenters. The average Bonchev–Trinajstić information content (AvgIpc) is 3.18. The second-order valence-corrected chi connectivity index (χ2v) is 6.52. The van der Waals surface area contributed by atoms with Crippen LogP contribution in [0.2, 0.25) is 0 Å². The second kappa shape index (κ2) is 7.23. The summed E-state index contributed by atoms with van der Waals surface area (Å²) in [5.74, 6) is 1.89. The van der Waals surface area contributed by atoms with Gasteiger partial charge in [0.15, 0.2) is 0 Å². The maximum absolute atomic E-state index is 5.33. The zero-order chi connectivity index (χ0) is 18.0. The van der Waals surface area contributed by atoms with Crippen LogP contribution in [-0.2, 0) is 0 Å². The number of nitrogens with one attached hydrogen (secondary N) is 1. The molecule has 5 heteroatoms. The van der Waals surface area contributed by atoms with Gasteiger partial charge in [-0.2, -0.15) is 0 Å². The van der Waals surface area contributed by atoms with Crippen molar-refractivity contribution in [3.8, 4) is 5.69 Å². The molecule has 132 valence electrons. The Morgan fingerprint density at radius 2 is 1.88 bits per heavy atom. The van der Waals surface area contributed by atoms with Crippen LogP contribution in [0.1, 0.15) is 60.8 Å². The van der Waals surface area contributed by atoms with E-state index < -0.39 is 0 Å². The first-order valence-electron chi connectivity index (χ1n) is 8.80. The van der Waals surface area contributed by atoms with E-state index in [2.05, 4.69) is 58.1 Å². The van der Waals surface area contributed by atoms with Gasteiger partial charge in [-0.05, 0) is 51.8 Å². The molecule has 2 heterocycles. The van der Waals surface area contributed by atoms with Crippen molar-refractivity contribution in [2.24, 2.45) is 0 Å². The molecule has 0 radical (unpaired) electrons. The van der Waals surface area contributed by atoms with E-state index in [1.807, 2.05) is 33.2 Å². The Morgan fingerprint density at radius 3 is 2.40 bits per heavy atom. The summed E-state index contributed by atoms with van der Waals surface area (Å²) >= 11 is 0. The molecule has 1 aromatic carbocycles. The molecular formula is C20H26N4O. The zero-order valence-corrected chi connectivity index (χ0v) is 15.6. The summed E-state index contributed by atoms with van der Waals surface area (Å²) in [5.41, 5.74) is 4.53. The zero-order valence-electron chi connectivity index (χ0n) is 15.6. The predicted molar refractivity (Wildman–Crippen MR) is 98.9 cm³/mol. The molecule has 0 amide bonds. The van der Waals surface area contributed by atoms with Crippen molar-refractivity contribution in [2.45, 2.75) is 53.1 Å². The number of imidazole rings is 1. The lowest BCUT2D eigenvalue weighted by molar-refractivity contribution is 0.387. The number of aryl methyl sites for hydroxylation is 3. The molecule has 0 saturated carbocycles. The third kappa shape index (κ3) is 3.51. The molecule has 0 aliphatic rings. The number of benzene rings is 1. The van der Waals surface area contributed by atoms with Gasteiger partial charge in [-0.15, -0.1) is 0 Å². The second-order valence-electron chi connectivity index (χ2n) is 6.52. The molecule has 0 spiro atoms. The van der Waals surface area contributed by atoms with Crippen molar-refractivity contribution in [1.82, 2.24) is 20.0 Å². The van der Waals surface area contributed by atoms with Gasteiger partial charge in [0, 0.05) is 35.7 Å². The highest BCUT2D eigenvalue weighted by molar-refractivity contribution is 5.37. The van der Waals surface area contributed by atoms with Crippen molar-refractivity contribution < 1.29 is 4.52 Å². The molecule has 0 aliphatic carbocycles. The SMILES string of the molecule is CC[C@H](N[C@@H](C)c1ccc(-n2ccnc2C)cc1)c1c(C)noc1C. The highest BCUT2D eigenvalue weighted by atomic mass is 16.5. The van der Waals surface area contributed by atoms with Gasteiger partial charge in [-0.1, -0.05) is 24.2 Å². The standard InChI is InChI=1S/C20H26N4O/c1-6-19(20-14(3)23-25-15(20)4)22-13(2)17-7-9-18(10-8-17)24-12-11-21-16(24)5/h7-13,19,22H,6H2,1-5H3/t13-,19-/m0/s1. The lowest BCUT2D eigenvalue weighted by Crippen LogP contribution is -2.25. The molecule has 0 fully saturated rings. The van der Waals surface area contributed by atoms with Crippen LogP contribution in [0.4, 0.5) is 0 Å². The van der Waals surface area contributed by atoms with Crippen LogP contribution >= 0.6 is 0 Å². The smallest absolute Gasteiger partial charge is 0.138 e. The maximum atomic E-state index is 5.33. The Hall–Kier alpha value is -2.40. The van der Waals surface area contributed by atoms with E-state index in [-0.39, 0.29) is 12.1 Å². The predicted octanol–water partition coefficient (Wildman–Crippen LogP) is 4.59. The minimum Gasteiger partial charge on any atom is -0.361 e. The fraction of sp³-hybridized carbons (Fsp3) is 0.400. The van der Waals surface area contributed by atoms with Gasteiger partial charge in [-0.25, -0.2) is 4.98 Å². The first-order valence-corrected chi connectivity index (χ1v) is 8.80. The highest BCUT2D eigenvalue weighted by Crippen LogP contribution is 2.27. The third-order valence-electron chi connectivity index (χ3n) is 4.79. The number of hydrogen-bond donors (Lipinski definition) is 1. The summed E-state index contributed by atoms with van der Waals surface area (Å²) in [6.45, 7) is 10.4. The largest absolute Gasteiger partial charge is 0.361 e. The van der Waals surface area contributed by atoms with Crippen molar-refractivity contribution >= 4 is 0 Å². The highest BCUT2D eigenvalue weighted by Gasteiger charge is 2.21. The van der Waals surface area contributed by atoms with E-state index in [1.165, 1.54) is 11.1 Å². The lowest BCUT2D eigenvalue weighted by atomic mass is 10.00. The molecule has 0 bridgehead atoms. The minimum absolute atomic E-state index is 0.233. The molecular weight excluding hydrogens is 312 g/mol. The normalized spacial score (nSPS) is 13.8. The van der Waals surface area contributed by atoms with Gasteiger partial charge in [-0.3, -0.25) is 0 Å². The van der Waals surface area contributed by atoms with Crippen molar-refractivity contribution in [3.63, 3.8) is 0 Å². The topological polar surface area (TPSA) is 55.9 Å². The quantitative estimate of drug-likeness (QED) is 0.714. The van der Waals surface area contributed by atoms with Crippen molar-refractivity contribution in [3.05, 3.63) is 65.1 Å². The van der Waals surface area contributed by atoms with Crippen LogP contribution < -0.4 is 5.32 Å². The Kier molecular flexibility index (Phi) is 5.04. The summed E-state index contributed by atoms with van der Waals surface area (Å²) in [4.78, 5) is 4.28. The van der Waals surface area contributed by atoms with Gasteiger partial charge >= 0.3 is 0 Å². The summed E-state index contributed by atoms with van der Waals surface area (Å²) in [5, 5.41) is 7.80. The minimum atomic E-state index is 0.233. The van der Waals surface area contributed by atoms with E-state index in [0.717, 1.165) is 29.4 Å². The summed E-state index contributed by atoms with van der Waals surface area (Å²) < 4.78 is 7.42. The molecule has 3 aromatic rings. The molecule has 0 saturated heterocycles. The first-order chi connectivity index (χ1) is 12.0. The number of hydrogen-bond acceptors (Lipinski definition) is 4. The molecule has 5 nitrogen and oxygen atoms in total. The van der Waals surface area contributed by atoms with Crippen molar-refractivity contribution in [2.75, 3.05) is 0 Å². The van der Waals surface area contributed by atoms with Crippen LogP contribution in [0.5, 0.6) is 0 Å². The van der Waals surface area contributed by atoms with Crippen LogP contribution in [-0.4, -0.2) is 14.7 Å². The molecule has 2 aromatic heterocycles. The van der Waals surface area contributed by atoms with Crippen LogP contribution in [0.3, 0.4) is 0 Å². The molecule has 1 N–H and O–H groups in total. The van der Waals surface area contributed by atoms with E-state index in [9.17, 15) is 0 Å². The van der Waals surface area contributed by atoms with Gasteiger partial charge in [0.05, 0.1) is 5.69 Å². The lowest BCUT2D eigenvalue weighted by Gasteiger charge is -2.23. The van der Waals surface area contributed by atoms with E-state index in [0.29, 0.717) is 0 Å². The molecule has 25 heavy (non-hydrogen) atoms. The molecule has 3 rings (SSSR count). The Morgan fingerprint density at radius 1 is 1.16 bits per heavy atom. The van der Waals surface area contributed by atoms with Crippen molar-refractivity contribution in [1.29, 1.82) is 0 Å². The monoisotopic (exact) mass is 338 g/mol.